The number of nitrogens with one attached hydrogen (secondary N) is 1. The molecule has 1 saturated heterocycles. The first-order chi connectivity index (χ1) is 8.86. The van der Waals surface area contributed by atoms with Crippen LogP contribution in [-0.4, -0.2) is 38.8 Å². The van der Waals surface area contributed by atoms with Gasteiger partial charge in [-0.2, -0.15) is 0 Å². The van der Waals surface area contributed by atoms with Crippen LogP contribution in [0.1, 0.15) is 20.3 Å². The number of hydrogen-bond donors (Lipinski definition) is 2. The minimum Gasteiger partial charge on any atom is -0.386 e. The molecule has 0 saturated carbocycles. The molecule has 2 N–H and O–H groups in total. The molecule has 2 rings (SSSR count). The predicted octanol–water partition coefficient (Wildman–Crippen LogP) is 0.946. The van der Waals surface area contributed by atoms with Crippen LogP contribution in [0.25, 0.3) is 0 Å². The average Bonchev–Trinajstić information content (AvgIpc) is 2.33. The fourth-order valence-corrected chi connectivity index (χ4v) is 3.56. The second kappa shape index (κ2) is 5.11. The van der Waals surface area contributed by atoms with Gasteiger partial charge in [-0.3, -0.25) is 0 Å². The summed E-state index contributed by atoms with van der Waals surface area (Å²) in [4.78, 5) is 2.15. The van der Waals surface area contributed by atoms with Crippen molar-refractivity contribution in [2.24, 2.45) is 0 Å². The first-order valence-corrected chi connectivity index (χ1v) is 7.90. The van der Waals surface area contributed by atoms with E-state index in [1.54, 1.807) is 31.2 Å². The van der Waals surface area contributed by atoms with Crippen molar-refractivity contribution < 1.29 is 13.5 Å². The molecule has 1 aromatic rings. The van der Waals surface area contributed by atoms with E-state index in [-0.39, 0.29) is 4.90 Å². The number of benzene rings is 1. The topological polar surface area (TPSA) is 69.6 Å². The molecule has 0 aliphatic carbocycles. The van der Waals surface area contributed by atoms with Gasteiger partial charge < -0.3 is 10.0 Å². The first-order valence-electron chi connectivity index (χ1n) is 6.42. The van der Waals surface area contributed by atoms with Crippen molar-refractivity contribution in [1.29, 1.82) is 0 Å². The molecule has 106 valence electrons. The van der Waals surface area contributed by atoms with Gasteiger partial charge >= 0.3 is 0 Å². The number of β-amino-alcohol motifs (C(OH)–C–C–N with tert-alkyl or cyclic N) is 1. The predicted molar refractivity (Wildman–Crippen MR) is 74.8 cm³/mol. The Morgan fingerprint density at radius 3 is 2.58 bits per heavy atom. The third-order valence-electron chi connectivity index (χ3n) is 3.10. The van der Waals surface area contributed by atoms with Gasteiger partial charge in [0.1, 0.15) is 4.90 Å². The van der Waals surface area contributed by atoms with E-state index in [1.807, 2.05) is 11.8 Å². The number of anilines is 1. The van der Waals surface area contributed by atoms with Crippen LogP contribution < -0.4 is 9.62 Å². The van der Waals surface area contributed by atoms with Crippen LogP contribution in [0.2, 0.25) is 0 Å². The molecule has 1 aromatic carbocycles. The highest BCUT2D eigenvalue weighted by atomic mass is 32.2. The van der Waals surface area contributed by atoms with E-state index >= 15 is 0 Å². The molecule has 19 heavy (non-hydrogen) atoms. The second-order valence-electron chi connectivity index (χ2n) is 5.22. The maximum atomic E-state index is 12.2. The lowest BCUT2D eigenvalue weighted by molar-refractivity contribution is 0.0307. The Morgan fingerprint density at radius 1 is 1.37 bits per heavy atom. The van der Waals surface area contributed by atoms with Crippen LogP contribution >= 0.6 is 0 Å². The Hall–Kier alpha value is -1.11. The van der Waals surface area contributed by atoms with Crippen LogP contribution in [0.3, 0.4) is 0 Å². The summed E-state index contributed by atoms with van der Waals surface area (Å²) in [6.07, 6.45) is 0.750. The maximum Gasteiger partial charge on any atom is 0.242 e. The van der Waals surface area contributed by atoms with Crippen molar-refractivity contribution in [2.45, 2.75) is 30.8 Å². The van der Waals surface area contributed by atoms with Crippen molar-refractivity contribution >= 4 is 15.7 Å². The van der Waals surface area contributed by atoms with Gasteiger partial charge in [0.2, 0.25) is 10.0 Å². The van der Waals surface area contributed by atoms with E-state index in [4.69, 9.17) is 0 Å². The number of aliphatic hydroxyl groups is 1. The summed E-state index contributed by atoms with van der Waals surface area (Å²) in [5.41, 5.74) is -0.0779. The molecule has 1 heterocycles. The zero-order valence-corrected chi connectivity index (χ0v) is 12.1. The Bertz CT molecular complexity index is 547. The SMILES string of the molecule is CCCNS(=O)(=O)c1ccccc1N1CC(C)(O)C1. The average molecular weight is 284 g/mol. The minimum atomic E-state index is -3.48. The number of sulfonamides is 1. The Morgan fingerprint density at radius 2 is 2.00 bits per heavy atom. The van der Waals surface area contributed by atoms with E-state index < -0.39 is 15.6 Å². The second-order valence-corrected chi connectivity index (χ2v) is 6.95. The first kappa shape index (κ1) is 14.3. The summed E-state index contributed by atoms with van der Waals surface area (Å²) in [7, 11) is -3.48. The molecule has 0 aromatic heterocycles. The monoisotopic (exact) mass is 284 g/mol. The number of rotatable bonds is 5. The fourth-order valence-electron chi connectivity index (χ4n) is 2.21. The molecule has 1 fully saturated rings. The number of nitrogens with zero attached hydrogens (tertiary/aromatic N) is 1. The molecule has 0 amide bonds. The highest BCUT2D eigenvalue weighted by molar-refractivity contribution is 7.89. The molecule has 5 nitrogen and oxygen atoms in total. The molecule has 0 atom stereocenters. The van der Waals surface area contributed by atoms with Gasteiger partial charge in [0.15, 0.2) is 0 Å². The van der Waals surface area contributed by atoms with Crippen molar-refractivity contribution in [1.82, 2.24) is 4.72 Å². The summed E-state index contributed by atoms with van der Waals surface area (Å²) >= 11 is 0. The lowest BCUT2D eigenvalue weighted by Gasteiger charge is -2.46. The van der Waals surface area contributed by atoms with Gasteiger partial charge in [-0.15, -0.1) is 0 Å². The van der Waals surface area contributed by atoms with Crippen molar-refractivity contribution in [3.63, 3.8) is 0 Å². The molecule has 0 spiro atoms. The highest BCUT2D eigenvalue weighted by Gasteiger charge is 2.38. The lowest BCUT2D eigenvalue weighted by atomic mass is 9.96. The van der Waals surface area contributed by atoms with E-state index in [1.165, 1.54) is 0 Å². The van der Waals surface area contributed by atoms with Gasteiger partial charge in [-0.1, -0.05) is 19.1 Å². The summed E-state index contributed by atoms with van der Waals surface area (Å²) in [5.74, 6) is 0. The Balaban J connectivity index is 2.27. The lowest BCUT2D eigenvalue weighted by Crippen LogP contribution is -2.60. The van der Waals surface area contributed by atoms with Crippen molar-refractivity contribution in [2.75, 3.05) is 24.5 Å². The summed E-state index contributed by atoms with van der Waals surface area (Å²) in [6, 6.07) is 6.89. The fraction of sp³-hybridized carbons (Fsp3) is 0.538. The highest BCUT2D eigenvalue weighted by Crippen LogP contribution is 2.32. The molecule has 6 heteroatoms. The normalized spacial score (nSPS) is 18.2. The zero-order chi connectivity index (χ0) is 14.1. The molecule has 1 aliphatic heterocycles. The van der Waals surface area contributed by atoms with Gasteiger partial charge in [0.25, 0.3) is 0 Å². The van der Waals surface area contributed by atoms with E-state index in [0.29, 0.717) is 25.3 Å². The molecule has 0 radical (unpaired) electrons. The molecular weight excluding hydrogens is 264 g/mol. The number of hydrogen-bond acceptors (Lipinski definition) is 4. The van der Waals surface area contributed by atoms with Gasteiger partial charge in [0.05, 0.1) is 11.3 Å². The Kier molecular flexibility index (Phi) is 3.85. The van der Waals surface area contributed by atoms with Gasteiger partial charge in [0, 0.05) is 19.6 Å². The smallest absolute Gasteiger partial charge is 0.242 e. The quantitative estimate of drug-likeness (QED) is 0.844. The maximum absolute atomic E-state index is 12.2. The van der Waals surface area contributed by atoms with Crippen LogP contribution in [0.4, 0.5) is 5.69 Å². The minimum absolute atomic E-state index is 0.277. The van der Waals surface area contributed by atoms with E-state index in [9.17, 15) is 13.5 Å². The van der Waals surface area contributed by atoms with Crippen LogP contribution in [0, 0.1) is 0 Å². The third-order valence-corrected chi connectivity index (χ3v) is 4.61. The standard InChI is InChI=1S/C13H20N2O3S/c1-3-8-14-19(17,18)12-7-5-4-6-11(12)15-9-13(2,16)10-15/h4-7,14,16H,3,8-10H2,1-2H3. The van der Waals surface area contributed by atoms with Crippen molar-refractivity contribution in [3.05, 3.63) is 24.3 Å². The van der Waals surface area contributed by atoms with Crippen LogP contribution in [-0.2, 0) is 10.0 Å². The zero-order valence-electron chi connectivity index (χ0n) is 11.3. The summed E-state index contributed by atoms with van der Waals surface area (Å²) in [6.45, 7) is 4.99. The van der Waals surface area contributed by atoms with Gasteiger partial charge in [-0.25, -0.2) is 13.1 Å². The molecule has 0 unspecified atom stereocenters. The summed E-state index contributed by atoms with van der Waals surface area (Å²) < 4.78 is 27.0. The summed E-state index contributed by atoms with van der Waals surface area (Å²) in [5, 5.41) is 9.77. The largest absolute Gasteiger partial charge is 0.386 e. The Labute approximate surface area is 114 Å². The number of para-hydroxylation sites is 1. The molecular formula is C13H20N2O3S. The molecule has 1 aliphatic rings. The van der Waals surface area contributed by atoms with Crippen LogP contribution in [0.5, 0.6) is 0 Å². The van der Waals surface area contributed by atoms with E-state index in [2.05, 4.69) is 4.72 Å². The van der Waals surface area contributed by atoms with Gasteiger partial charge in [-0.05, 0) is 25.5 Å². The van der Waals surface area contributed by atoms with Crippen LogP contribution in [0.15, 0.2) is 29.2 Å². The molecule has 0 bridgehead atoms. The van der Waals surface area contributed by atoms with E-state index in [0.717, 1.165) is 6.42 Å². The third kappa shape index (κ3) is 3.08. The van der Waals surface area contributed by atoms with Crippen molar-refractivity contribution in [3.8, 4) is 0 Å².